The van der Waals surface area contributed by atoms with Gasteiger partial charge in [0.25, 0.3) is 0 Å². The molecule has 0 aliphatic carbocycles. The molecule has 0 aliphatic heterocycles. The number of aliphatic hydroxyl groups excluding tert-OH is 2. The van der Waals surface area contributed by atoms with Crippen LogP contribution < -0.4 is 10.6 Å². The normalized spacial score (nSPS) is 13.9. The van der Waals surface area contributed by atoms with Crippen LogP contribution in [0.3, 0.4) is 0 Å². The summed E-state index contributed by atoms with van der Waals surface area (Å²) in [6, 6.07) is 6.96. The van der Waals surface area contributed by atoms with Gasteiger partial charge in [0.1, 0.15) is 0 Å². The zero-order chi connectivity index (χ0) is 14.3. The van der Waals surface area contributed by atoms with E-state index in [4.69, 9.17) is 5.11 Å². The summed E-state index contributed by atoms with van der Waals surface area (Å²) in [6.45, 7) is 4.14. The third-order valence-electron chi connectivity index (χ3n) is 2.91. The van der Waals surface area contributed by atoms with Crippen LogP contribution in [0.5, 0.6) is 0 Å². The molecule has 0 bridgehead atoms. The number of amides is 1. The number of carbonyl (C=O) groups is 1. The second-order valence-corrected chi connectivity index (χ2v) is 4.43. The Kier molecular flexibility index (Phi) is 6.49. The zero-order valence-corrected chi connectivity index (χ0v) is 11.4. The van der Waals surface area contributed by atoms with Crippen molar-refractivity contribution in [3.63, 3.8) is 0 Å². The molecule has 4 N–H and O–H groups in total. The number of hydrogen-bond donors (Lipinski definition) is 4. The van der Waals surface area contributed by atoms with E-state index in [2.05, 4.69) is 10.6 Å². The van der Waals surface area contributed by atoms with Crippen molar-refractivity contribution < 1.29 is 15.0 Å². The topological polar surface area (TPSA) is 81.6 Å². The molecule has 5 nitrogen and oxygen atoms in total. The van der Waals surface area contributed by atoms with Crippen molar-refractivity contribution in [2.24, 2.45) is 0 Å². The van der Waals surface area contributed by atoms with Crippen LogP contribution >= 0.6 is 0 Å². The number of aliphatic hydroxyl groups is 2. The molecule has 0 fully saturated rings. The van der Waals surface area contributed by atoms with Gasteiger partial charge in [0.05, 0.1) is 12.7 Å². The van der Waals surface area contributed by atoms with E-state index in [1.807, 2.05) is 6.92 Å². The summed E-state index contributed by atoms with van der Waals surface area (Å²) in [5, 5.41) is 24.6. The van der Waals surface area contributed by atoms with Crippen LogP contribution in [0, 0.1) is 0 Å². The molecule has 0 spiro atoms. The Morgan fingerprint density at radius 2 is 1.95 bits per heavy atom. The highest BCUT2D eigenvalue weighted by atomic mass is 16.3. The first kappa shape index (κ1) is 15.6. The van der Waals surface area contributed by atoms with Crippen LogP contribution in [0.2, 0.25) is 0 Å². The van der Waals surface area contributed by atoms with Crippen LogP contribution in [0.4, 0.5) is 5.69 Å². The van der Waals surface area contributed by atoms with Gasteiger partial charge in [-0.3, -0.25) is 4.79 Å². The van der Waals surface area contributed by atoms with Crippen LogP contribution in [0.15, 0.2) is 24.3 Å². The molecule has 1 aromatic rings. The first-order chi connectivity index (χ1) is 9.08. The maximum atomic E-state index is 11.2. The largest absolute Gasteiger partial charge is 0.395 e. The lowest BCUT2D eigenvalue weighted by molar-refractivity contribution is -0.115. The van der Waals surface area contributed by atoms with Crippen LogP contribution in [-0.4, -0.2) is 35.3 Å². The first-order valence-corrected chi connectivity index (χ1v) is 6.50. The molecule has 0 heterocycles. The van der Waals surface area contributed by atoms with E-state index in [-0.39, 0.29) is 18.6 Å². The van der Waals surface area contributed by atoms with Crippen LogP contribution in [0.1, 0.15) is 31.9 Å². The molecule has 2 atom stereocenters. The molecule has 2 unspecified atom stereocenters. The molecule has 0 radical (unpaired) electrons. The van der Waals surface area contributed by atoms with Crippen LogP contribution in [0.25, 0.3) is 0 Å². The van der Waals surface area contributed by atoms with Crippen molar-refractivity contribution in [1.29, 1.82) is 0 Å². The SMILES string of the molecule is CCC(=O)Nc1ccc(C(O)C(C)NCCO)cc1. The molecular formula is C14H22N2O3. The van der Waals surface area contributed by atoms with E-state index in [0.717, 1.165) is 11.3 Å². The summed E-state index contributed by atoms with van der Waals surface area (Å²) in [5.74, 6) is -0.0359. The fourth-order valence-electron chi connectivity index (χ4n) is 1.71. The van der Waals surface area contributed by atoms with Gasteiger partial charge in [0.15, 0.2) is 0 Å². The summed E-state index contributed by atoms with van der Waals surface area (Å²) < 4.78 is 0. The first-order valence-electron chi connectivity index (χ1n) is 6.50. The van der Waals surface area contributed by atoms with E-state index < -0.39 is 6.10 Å². The summed E-state index contributed by atoms with van der Waals surface area (Å²) in [6.07, 6.45) is -0.213. The Balaban J connectivity index is 2.62. The van der Waals surface area contributed by atoms with E-state index in [9.17, 15) is 9.90 Å². The summed E-state index contributed by atoms with van der Waals surface area (Å²) in [4.78, 5) is 11.2. The van der Waals surface area contributed by atoms with Gasteiger partial charge in [-0.25, -0.2) is 0 Å². The van der Waals surface area contributed by atoms with E-state index >= 15 is 0 Å². The Morgan fingerprint density at radius 3 is 2.47 bits per heavy atom. The zero-order valence-electron chi connectivity index (χ0n) is 11.4. The lowest BCUT2D eigenvalue weighted by Gasteiger charge is -2.20. The number of benzene rings is 1. The molecule has 1 aromatic carbocycles. The molecule has 5 heteroatoms. The average molecular weight is 266 g/mol. The van der Waals surface area contributed by atoms with Gasteiger partial charge in [0, 0.05) is 24.7 Å². The third-order valence-corrected chi connectivity index (χ3v) is 2.91. The Hall–Kier alpha value is -1.43. The number of rotatable bonds is 7. The number of nitrogens with one attached hydrogen (secondary N) is 2. The van der Waals surface area contributed by atoms with E-state index in [1.165, 1.54) is 0 Å². The summed E-state index contributed by atoms with van der Waals surface area (Å²) in [5.41, 5.74) is 1.49. The highest BCUT2D eigenvalue weighted by molar-refractivity contribution is 5.90. The van der Waals surface area contributed by atoms with Gasteiger partial charge in [-0.2, -0.15) is 0 Å². The minimum absolute atomic E-state index is 0.0359. The van der Waals surface area contributed by atoms with Gasteiger partial charge in [-0.15, -0.1) is 0 Å². The second kappa shape index (κ2) is 7.89. The van der Waals surface area contributed by atoms with E-state index in [1.54, 1.807) is 31.2 Å². The van der Waals surface area contributed by atoms with Crippen molar-refractivity contribution in [2.45, 2.75) is 32.4 Å². The van der Waals surface area contributed by atoms with Crippen molar-refractivity contribution in [1.82, 2.24) is 5.32 Å². The van der Waals surface area contributed by atoms with E-state index in [0.29, 0.717) is 13.0 Å². The molecule has 0 saturated heterocycles. The summed E-state index contributed by atoms with van der Waals surface area (Å²) in [7, 11) is 0. The smallest absolute Gasteiger partial charge is 0.224 e. The number of carbonyl (C=O) groups excluding carboxylic acids is 1. The second-order valence-electron chi connectivity index (χ2n) is 4.43. The molecule has 1 rings (SSSR count). The molecular weight excluding hydrogens is 244 g/mol. The minimum atomic E-state index is -0.650. The Morgan fingerprint density at radius 1 is 1.32 bits per heavy atom. The average Bonchev–Trinajstić information content (AvgIpc) is 2.44. The molecule has 1 amide bonds. The quantitative estimate of drug-likeness (QED) is 0.594. The highest BCUT2D eigenvalue weighted by Gasteiger charge is 2.15. The fourth-order valence-corrected chi connectivity index (χ4v) is 1.71. The summed E-state index contributed by atoms with van der Waals surface area (Å²) >= 11 is 0. The van der Waals surface area contributed by atoms with Gasteiger partial charge in [-0.1, -0.05) is 19.1 Å². The Labute approximate surface area is 113 Å². The maximum absolute atomic E-state index is 11.2. The number of anilines is 1. The van der Waals surface area contributed by atoms with Crippen molar-refractivity contribution in [3.05, 3.63) is 29.8 Å². The standard InChI is InChI=1S/C14H22N2O3/c1-3-13(18)16-12-6-4-11(5-7-12)14(19)10(2)15-8-9-17/h4-7,10,14-15,17,19H,3,8-9H2,1-2H3,(H,16,18). The third kappa shape index (κ3) is 4.98. The Bertz CT molecular complexity index is 392. The van der Waals surface area contributed by atoms with Gasteiger partial charge in [-0.05, 0) is 24.6 Å². The lowest BCUT2D eigenvalue weighted by Crippen LogP contribution is -2.34. The predicted octanol–water partition coefficient (Wildman–Crippen LogP) is 1.04. The van der Waals surface area contributed by atoms with Crippen molar-refractivity contribution >= 4 is 11.6 Å². The van der Waals surface area contributed by atoms with Crippen molar-refractivity contribution in [3.8, 4) is 0 Å². The monoisotopic (exact) mass is 266 g/mol. The molecule has 0 aliphatic rings. The van der Waals surface area contributed by atoms with Crippen molar-refractivity contribution in [2.75, 3.05) is 18.5 Å². The van der Waals surface area contributed by atoms with Gasteiger partial charge in [0.2, 0.25) is 5.91 Å². The minimum Gasteiger partial charge on any atom is -0.395 e. The molecule has 106 valence electrons. The highest BCUT2D eigenvalue weighted by Crippen LogP contribution is 2.19. The maximum Gasteiger partial charge on any atom is 0.224 e. The number of hydrogen-bond acceptors (Lipinski definition) is 4. The predicted molar refractivity (Wildman–Crippen MR) is 74.9 cm³/mol. The molecule has 19 heavy (non-hydrogen) atoms. The van der Waals surface area contributed by atoms with Gasteiger partial charge >= 0.3 is 0 Å². The van der Waals surface area contributed by atoms with Gasteiger partial charge < -0.3 is 20.8 Å². The molecule has 0 saturated carbocycles. The fraction of sp³-hybridized carbons (Fsp3) is 0.500. The van der Waals surface area contributed by atoms with Crippen LogP contribution in [-0.2, 0) is 4.79 Å². The lowest BCUT2D eigenvalue weighted by atomic mass is 10.0. The molecule has 0 aromatic heterocycles.